The summed E-state index contributed by atoms with van der Waals surface area (Å²) < 4.78 is 5.63. The van der Waals surface area contributed by atoms with Gasteiger partial charge in [0, 0.05) is 5.56 Å². The minimum Gasteiger partial charge on any atom is -0.445 e. The van der Waals surface area contributed by atoms with Gasteiger partial charge in [0.1, 0.15) is 12.5 Å². The molecule has 0 saturated heterocycles. The van der Waals surface area contributed by atoms with E-state index < -0.39 is 5.41 Å². The normalized spacial score (nSPS) is 13.9. The Hall–Kier alpha value is -6.33. The Morgan fingerprint density at radius 3 is 1.74 bits per heavy atom. The van der Waals surface area contributed by atoms with E-state index in [2.05, 4.69) is 144 Å². The van der Waals surface area contributed by atoms with Crippen LogP contribution in [0.25, 0.3) is 44.8 Å². The first-order valence-corrected chi connectivity index (χ1v) is 15.7. The van der Waals surface area contributed by atoms with Gasteiger partial charge in [-0.1, -0.05) is 109 Å². The number of nitrogens with one attached hydrogen (secondary N) is 1. The van der Waals surface area contributed by atoms with E-state index in [-0.39, 0.29) is 0 Å². The largest absolute Gasteiger partial charge is 0.445 e. The van der Waals surface area contributed by atoms with E-state index in [1.54, 1.807) is 30.1 Å². The number of hydrogen-bond donors (Lipinski definition) is 1. The van der Waals surface area contributed by atoms with E-state index in [1.165, 1.54) is 33.4 Å². The molecule has 2 aliphatic rings. The number of aromatic nitrogens is 1. The number of anilines is 1. The molecule has 9 rings (SSSR count). The summed E-state index contributed by atoms with van der Waals surface area (Å²) in [5.74, 6) is 0.614. The lowest BCUT2D eigenvalue weighted by molar-refractivity contribution is 0.221. The highest BCUT2D eigenvalue weighted by molar-refractivity contribution is 5.90. The standard InChI is InChI=1S/C42H29N3O2/c1-3-12-34(13-4-1)42(35-14-5-2-6-15-35)39-27-31(29-9-7-11-33(25-29)41-43-21-23-46-41)17-19-37(39)38-20-18-32(28-40(38)42)30-10-8-16-36(26-30)45-44-22-24-47-45/h1-28,44H. The van der Waals surface area contributed by atoms with Crippen LogP contribution in [0.4, 0.5) is 5.69 Å². The van der Waals surface area contributed by atoms with Crippen LogP contribution in [0.5, 0.6) is 0 Å². The van der Waals surface area contributed by atoms with Crippen molar-refractivity contribution in [3.05, 3.63) is 193 Å². The summed E-state index contributed by atoms with van der Waals surface area (Å²) in [6, 6.07) is 52.4. The Kier molecular flexibility index (Phi) is 6.28. The first-order valence-electron chi connectivity index (χ1n) is 15.7. The Labute approximate surface area is 273 Å². The number of hydrazine groups is 1. The average molecular weight is 608 g/mol. The molecule has 0 amide bonds. The molecule has 7 aromatic rings. The molecule has 0 atom stereocenters. The molecule has 2 heterocycles. The van der Waals surface area contributed by atoms with Gasteiger partial charge in [0.2, 0.25) is 5.89 Å². The highest BCUT2D eigenvalue weighted by atomic mass is 16.7. The topological polar surface area (TPSA) is 50.5 Å². The van der Waals surface area contributed by atoms with E-state index in [0.29, 0.717) is 5.89 Å². The molecule has 0 saturated carbocycles. The highest BCUT2D eigenvalue weighted by Crippen LogP contribution is 2.57. The molecule has 224 valence electrons. The molecule has 0 radical (unpaired) electrons. The lowest BCUT2D eigenvalue weighted by Gasteiger charge is -2.34. The second-order valence-corrected chi connectivity index (χ2v) is 11.8. The van der Waals surface area contributed by atoms with E-state index in [4.69, 9.17) is 9.25 Å². The molecule has 0 spiro atoms. The second-order valence-electron chi connectivity index (χ2n) is 11.8. The first-order chi connectivity index (χ1) is 23.3. The number of oxazole rings is 1. The number of hydrogen-bond acceptors (Lipinski definition) is 5. The van der Waals surface area contributed by atoms with Crippen LogP contribution in [0, 0.1) is 0 Å². The predicted molar refractivity (Wildman–Crippen MR) is 186 cm³/mol. The molecule has 5 heteroatoms. The van der Waals surface area contributed by atoms with Crippen LogP contribution in [0.15, 0.2) is 175 Å². The van der Waals surface area contributed by atoms with Crippen molar-refractivity contribution in [2.24, 2.45) is 0 Å². The minimum absolute atomic E-state index is 0.541. The molecule has 0 unspecified atom stereocenters. The second kappa shape index (κ2) is 10.9. The van der Waals surface area contributed by atoms with Gasteiger partial charge in [-0.2, -0.15) is 0 Å². The monoisotopic (exact) mass is 607 g/mol. The lowest BCUT2D eigenvalue weighted by atomic mass is 9.67. The van der Waals surface area contributed by atoms with Crippen LogP contribution in [0.1, 0.15) is 22.3 Å². The summed E-state index contributed by atoms with van der Waals surface area (Å²) in [7, 11) is 0. The van der Waals surface area contributed by atoms with Gasteiger partial charge in [-0.3, -0.25) is 5.43 Å². The van der Waals surface area contributed by atoms with Crippen LogP contribution in [0.3, 0.4) is 0 Å². The molecule has 1 aliphatic heterocycles. The van der Waals surface area contributed by atoms with Crippen LogP contribution in [-0.4, -0.2) is 4.98 Å². The Morgan fingerprint density at radius 2 is 1.15 bits per heavy atom. The zero-order valence-corrected chi connectivity index (χ0v) is 25.4. The molecular formula is C42H29N3O2. The first kappa shape index (κ1) is 27.0. The summed E-state index contributed by atoms with van der Waals surface area (Å²) in [5, 5.41) is 1.66. The van der Waals surface area contributed by atoms with Crippen molar-refractivity contribution in [2.45, 2.75) is 5.41 Å². The van der Waals surface area contributed by atoms with E-state index in [0.717, 1.165) is 33.5 Å². The molecule has 5 nitrogen and oxygen atoms in total. The van der Waals surface area contributed by atoms with Crippen LogP contribution >= 0.6 is 0 Å². The Balaban J connectivity index is 1.27. The lowest BCUT2D eigenvalue weighted by Crippen LogP contribution is -2.28. The summed E-state index contributed by atoms with van der Waals surface area (Å²) in [5.41, 5.74) is 16.4. The maximum atomic E-state index is 5.63. The predicted octanol–water partition coefficient (Wildman–Crippen LogP) is 9.77. The third kappa shape index (κ3) is 4.36. The quantitative estimate of drug-likeness (QED) is 0.204. The van der Waals surface area contributed by atoms with Crippen LogP contribution in [0.2, 0.25) is 0 Å². The maximum Gasteiger partial charge on any atom is 0.225 e. The van der Waals surface area contributed by atoms with Crippen molar-refractivity contribution in [1.29, 1.82) is 0 Å². The smallest absolute Gasteiger partial charge is 0.225 e. The van der Waals surface area contributed by atoms with Gasteiger partial charge >= 0.3 is 0 Å². The molecule has 1 aromatic heterocycles. The molecule has 0 fully saturated rings. The SMILES string of the molecule is C1=CON(c2cccc(-c3ccc4c(c3)C(c3ccccc3)(c3ccccc3)c3cc(-c5cccc(-c6ncco6)c5)ccc3-4)c2)N1. The zero-order chi connectivity index (χ0) is 31.2. The Morgan fingerprint density at radius 1 is 0.553 bits per heavy atom. The summed E-state index contributed by atoms with van der Waals surface area (Å²) >= 11 is 0. The number of benzene rings is 6. The molecular weight excluding hydrogens is 578 g/mol. The zero-order valence-electron chi connectivity index (χ0n) is 25.4. The van der Waals surface area contributed by atoms with Gasteiger partial charge in [0.05, 0.1) is 23.5 Å². The highest BCUT2D eigenvalue weighted by Gasteiger charge is 2.46. The van der Waals surface area contributed by atoms with Crippen molar-refractivity contribution in [3.63, 3.8) is 0 Å². The Bertz CT molecular complexity index is 2210. The number of rotatable bonds is 6. The fourth-order valence-corrected chi connectivity index (χ4v) is 7.21. The number of fused-ring (bicyclic) bond motifs is 3. The minimum atomic E-state index is -0.541. The van der Waals surface area contributed by atoms with Crippen LogP contribution < -0.4 is 10.6 Å². The van der Waals surface area contributed by atoms with Gasteiger partial charge in [0.15, 0.2) is 0 Å². The fourth-order valence-electron chi connectivity index (χ4n) is 7.21. The van der Waals surface area contributed by atoms with E-state index in [1.807, 2.05) is 12.1 Å². The van der Waals surface area contributed by atoms with Crippen molar-refractivity contribution in [3.8, 4) is 44.8 Å². The maximum absolute atomic E-state index is 5.63. The van der Waals surface area contributed by atoms with E-state index >= 15 is 0 Å². The molecule has 1 aliphatic carbocycles. The van der Waals surface area contributed by atoms with Gasteiger partial charge in [-0.25, -0.2) is 4.98 Å². The average Bonchev–Trinajstić information content (AvgIpc) is 3.93. The van der Waals surface area contributed by atoms with E-state index in [9.17, 15) is 0 Å². The number of nitrogens with zero attached hydrogens (tertiary/aromatic N) is 2. The summed E-state index contributed by atoms with van der Waals surface area (Å²) in [6.45, 7) is 0. The third-order valence-corrected chi connectivity index (χ3v) is 9.27. The summed E-state index contributed by atoms with van der Waals surface area (Å²) in [6.07, 6.45) is 6.69. The van der Waals surface area contributed by atoms with Gasteiger partial charge in [-0.15, -0.1) is 5.17 Å². The summed E-state index contributed by atoms with van der Waals surface area (Å²) in [4.78, 5) is 9.99. The molecule has 0 bridgehead atoms. The van der Waals surface area contributed by atoms with Crippen molar-refractivity contribution >= 4 is 5.69 Å². The molecule has 47 heavy (non-hydrogen) atoms. The van der Waals surface area contributed by atoms with Crippen molar-refractivity contribution in [2.75, 3.05) is 5.17 Å². The van der Waals surface area contributed by atoms with Gasteiger partial charge in [-0.05, 0) is 92.0 Å². The fraction of sp³-hybridized carbons (Fsp3) is 0.0238. The third-order valence-electron chi connectivity index (χ3n) is 9.27. The van der Waals surface area contributed by atoms with Gasteiger partial charge in [0.25, 0.3) is 0 Å². The van der Waals surface area contributed by atoms with Gasteiger partial charge < -0.3 is 9.25 Å². The molecule has 1 N–H and O–H groups in total. The van der Waals surface area contributed by atoms with Crippen molar-refractivity contribution < 1.29 is 9.25 Å². The van der Waals surface area contributed by atoms with Crippen molar-refractivity contribution in [1.82, 2.24) is 10.4 Å². The molecule has 6 aromatic carbocycles. The van der Waals surface area contributed by atoms with Crippen LogP contribution in [-0.2, 0) is 10.3 Å².